The second kappa shape index (κ2) is 9.53. The fraction of sp³-hybridized carbons (Fsp3) is 0.176. The van der Waals surface area contributed by atoms with E-state index in [2.05, 4.69) is 38.4 Å². The highest BCUT2D eigenvalue weighted by Gasteiger charge is 2.03. The Hall–Kier alpha value is -1.74. The molecule has 0 heterocycles. The van der Waals surface area contributed by atoms with Crippen molar-refractivity contribution < 1.29 is 9.13 Å². The number of benzene rings is 2. The van der Waals surface area contributed by atoms with Gasteiger partial charge in [-0.25, -0.2) is 4.39 Å². The first-order valence-corrected chi connectivity index (χ1v) is 8.81. The Morgan fingerprint density at radius 2 is 2.04 bits per heavy atom. The predicted molar refractivity (Wildman–Crippen MR) is 107 cm³/mol. The molecular weight excluding hydrogens is 440 g/mol. The molecule has 2 N–H and O–H groups in total. The quantitative estimate of drug-likeness (QED) is 0.300. The lowest BCUT2D eigenvalue weighted by molar-refractivity contribution is 0.304. The van der Waals surface area contributed by atoms with Crippen molar-refractivity contribution in [3.8, 4) is 5.75 Å². The zero-order valence-electron chi connectivity index (χ0n) is 13.1. The number of hydrazone groups is 1. The van der Waals surface area contributed by atoms with Gasteiger partial charge in [0.15, 0.2) is 5.11 Å². The van der Waals surface area contributed by atoms with E-state index < -0.39 is 0 Å². The summed E-state index contributed by atoms with van der Waals surface area (Å²) in [6.45, 7) is 3.10. The van der Waals surface area contributed by atoms with Crippen LogP contribution in [-0.2, 0) is 6.61 Å². The van der Waals surface area contributed by atoms with E-state index in [-0.39, 0.29) is 5.82 Å². The van der Waals surface area contributed by atoms with Gasteiger partial charge in [-0.15, -0.1) is 0 Å². The Kier molecular flexibility index (Phi) is 7.38. The van der Waals surface area contributed by atoms with Gasteiger partial charge in [0.1, 0.15) is 18.2 Å². The Morgan fingerprint density at radius 3 is 2.71 bits per heavy atom. The monoisotopic (exact) mass is 457 g/mol. The van der Waals surface area contributed by atoms with Crippen LogP contribution in [-0.4, -0.2) is 17.9 Å². The van der Waals surface area contributed by atoms with Crippen LogP contribution >= 0.6 is 34.8 Å². The highest BCUT2D eigenvalue weighted by atomic mass is 127. The molecule has 0 bridgehead atoms. The molecule has 0 aliphatic carbocycles. The molecule has 0 aliphatic heterocycles. The predicted octanol–water partition coefficient (Wildman–Crippen LogP) is 3.83. The summed E-state index contributed by atoms with van der Waals surface area (Å²) in [5.41, 5.74) is 4.59. The average molecular weight is 457 g/mol. The van der Waals surface area contributed by atoms with Crippen LogP contribution in [0, 0.1) is 9.39 Å². The molecular formula is C17H17FIN3OS. The third-order valence-electron chi connectivity index (χ3n) is 2.98. The van der Waals surface area contributed by atoms with E-state index in [4.69, 9.17) is 17.0 Å². The van der Waals surface area contributed by atoms with Crippen molar-refractivity contribution in [3.05, 3.63) is 63.0 Å². The lowest BCUT2D eigenvalue weighted by atomic mass is 10.2. The van der Waals surface area contributed by atoms with Gasteiger partial charge in [0.05, 0.1) is 9.78 Å². The zero-order valence-corrected chi connectivity index (χ0v) is 16.0. The van der Waals surface area contributed by atoms with E-state index in [1.54, 1.807) is 18.3 Å². The standard InChI is InChI=1S/C17H17FIN3OS/c1-2-20-17(24)22-21-10-13-5-8-16(15(19)9-13)23-11-12-3-6-14(18)7-4-12/h3-10H,2,11H2,1H3,(H2,20,22,24). The SMILES string of the molecule is CCNC(=S)NN=Cc1ccc(OCc2ccc(F)cc2)c(I)c1. The average Bonchev–Trinajstić information content (AvgIpc) is 2.56. The number of rotatable bonds is 6. The molecule has 0 radical (unpaired) electrons. The van der Waals surface area contributed by atoms with E-state index in [0.717, 1.165) is 27.0 Å². The Balaban J connectivity index is 1.92. The van der Waals surface area contributed by atoms with Crippen LogP contribution in [0.4, 0.5) is 4.39 Å². The van der Waals surface area contributed by atoms with Crippen molar-refractivity contribution in [2.75, 3.05) is 6.54 Å². The fourth-order valence-corrected chi connectivity index (χ4v) is 2.71. The molecule has 7 heteroatoms. The third-order valence-corrected chi connectivity index (χ3v) is 4.06. The minimum atomic E-state index is -0.251. The smallest absolute Gasteiger partial charge is 0.186 e. The largest absolute Gasteiger partial charge is 0.488 e. The molecule has 0 aliphatic rings. The van der Waals surface area contributed by atoms with Gasteiger partial charge in [0.25, 0.3) is 0 Å². The van der Waals surface area contributed by atoms with Crippen LogP contribution in [0.5, 0.6) is 5.75 Å². The maximum absolute atomic E-state index is 12.9. The molecule has 0 spiro atoms. The van der Waals surface area contributed by atoms with E-state index in [1.807, 2.05) is 25.1 Å². The van der Waals surface area contributed by atoms with Crippen LogP contribution in [0.15, 0.2) is 47.6 Å². The number of ether oxygens (including phenoxy) is 1. The fourth-order valence-electron chi connectivity index (χ4n) is 1.82. The van der Waals surface area contributed by atoms with E-state index in [0.29, 0.717) is 11.7 Å². The first kappa shape index (κ1) is 18.6. The molecule has 2 rings (SSSR count). The maximum Gasteiger partial charge on any atom is 0.186 e. The van der Waals surface area contributed by atoms with E-state index >= 15 is 0 Å². The van der Waals surface area contributed by atoms with Crippen molar-refractivity contribution in [2.45, 2.75) is 13.5 Å². The van der Waals surface area contributed by atoms with Crippen LogP contribution in [0.1, 0.15) is 18.1 Å². The molecule has 0 unspecified atom stereocenters. The lowest BCUT2D eigenvalue weighted by Crippen LogP contribution is -2.31. The highest BCUT2D eigenvalue weighted by molar-refractivity contribution is 14.1. The summed E-state index contributed by atoms with van der Waals surface area (Å²) >= 11 is 7.23. The second-order valence-electron chi connectivity index (χ2n) is 4.83. The van der Waals surface area contributed by atoms with Crippen LogP contribution in [0.2, 0.25) is 0 Å². The molecule has 126 valence electrons. The molecule has 0 fully saturated rings. The van der Waals surface area contributed by atoms with Crippen molar-refractivity contribution in [3.63, 3.8) is 0 Å². The molecule has 24 heavy (non-hydrogen) atoms. The van der Waals surface area contributed by atoms with Crippen molar-refractivity contribution in [1.29, 1.82) is 0 Å². The summed E-state index contributed by atoms with van der Waals surface area (Å²) < 4.78 is 19.6. The van der Waals surface area contributed by atoms with Crippen molar-refractivity contribution >= 4 is 46.1 Å². The normalized spacial score (nSPS) is 10.6. The molecule has 0 aromatic heterocycles. The van der Waals surface area contributed by atoms with Gasteiger partial charge in [0.2, 0.25) is 0 Å². The highest BCUT2D eigenvalue weighted by Crippen LogP contribution is 2.22. The maximum atomic E-state index is 12.9. The number of hydrogen-bond donors (Lipinski definition) is 2. The lowest BCUT2D eigenvalue weighted by Gasteiger charge is -2.09. The van der Waals surface area contributed by atoms with Gasteiger partial charge in [-0.05, 0) is 83.2 Å². The number of halogens is 2. The molecule has 0 amide bonds. The van der Waals surface area contributed by atoms with E-state index in [9.17, 15) is 4.39 Å². The van der Waals surface area contributed by atoms with Crippen LogP contribution in [0.25, 0.3) is 0 Å². The zero-order chi connectivity index (χ0) is 17.4. The van der Waals surface area contributed by atoms with E-state index in [1.165, 1.54) is 12.1 Å². The Morgan fingerprint density at radius 1 is 1.29 bits per heavy atom. The van der Waals surface area contributed by atoms with Gasteiger partial charge in [-0.3, -0.25) is 5.43 Å². The minimum absolute atomic E-state index is 0.251. The van der Waals surface area contributed by atoms with Crippen LogP contribution in [0.3, 0.4) is 0 Å². The van der Waals surface area contributed by atoms with Gasteiger partial charge < -0.3 is 10.1 Å². The molecule has 0 saturated carbocycles. The number of thiocarbonyl (C=S) groups is 1. The first-order chi connectivity index (χ1) is 11.6. The molecule has 2 aromatic carbocycles. The molecule has 0 atom stereocenters. The third kappa shape index (κ3) is 6.04. The topological polar surface area (TPSA) is 45.7 Å². The summed E-state index contributed by atoms with van der Waals surface area (Å²) in [6, 6.07) is 12.0. The molecule has 2 aromatic rings. The summed E-state index contributed by atoms with van der Waals surface area (Å²) in [4.78, 5) is 0. The Bertz CT molecular complexity index is 722. The van der Waals surface area contributed by atoms with Crippen molar-refractivity contribution in [1.82, 2.24) is 10.7 Å². The van der Waals surface area contributed by atoms with Crippen molar-refractivity contribution in [2.24, 2.45) is 5.10 Å². The number of nitrogens with zero attached hydrogens (tertiary/aromatic N) is 1. The van der Waals surface area contributed by atoms with Crippen LogP contribution < -0.4 is 15.5 Å². The summed E-state index contributed by atoms with van der Waals surface area (Å²) in [5, 5.41) is 7.51. The molecule has 0 saturated heterocycles. The van der Waals surface area contributed by atoms with Gasteiger partial charge in [-0.1, -0.05) is 12.1 Å². The molecule has 4 nitrogen and oxygen atoms in total. The van der Waals surface area contributed by atoms with Gasteiger partial charge in [0, 0.05) is 6.54 Å². The minimum Gasteiger partial charge on any atom is -0.488 e. The summed E-state index contributed by atoms with van der Waals surface area (Å²) in [5.74, 6) is 0.521. The first-order valence-electron chi connectivity index (χ1n) is 7.32. The van der Waals surface area contributed by atoms with Gasteiger partial charge in [-0.2, -0.15) is 5.10 Å². The Labute approximate surface area is 159 Å². The summed E-state index contributed by atoms with van der Waals surface area (Å²) in [7, 11) is 0. The second-order valence-corrected chi connectivity index (χ2v) is 6.40. The summed E-state index contributed by atoms with van der Waals surface area (Å²) in [6.07, 6.45) is 1.69. The van der Waals surface area contributed by atoms with Gasteiger partial charge >= 0.3 is 0 Å². The number of nitrogens with one attached hydrogen (secondary N) is 2. The number of hydrogen-bond acceptors (Lipinski definition) is 3.